The number of hydrogen-bond acceptors (Lipinski definition) is 4. The Labute approximate surface area is 198 Å². The first kappa shape index (κ1) is 22.4. The second-order valence-corrected chi connectivity index (χ2v) is 8.34. The number of nitrogens with one attached hydrogen (secondary N) is 1. The Morgan fingerprint density at radius 3 is 2.45 bits per heavy atom. The van der Waals surface area contributed by atoms with Crippen LogP contribution in [0.5, 0.6) is 0 Å². The molecule has 0 aliphatic rings. The number of aromatic nitrogens is 3. The van der Waals surface area contributed by atoms with Gasteiger partial charge in [0.15, 0.2) is 11.0 Å². The van der Waals surface area contributed by atoms with E-state index in [1.54, 1.807) is 0 Å². The second-order valence-electron chi connectivity index (χ2n) is 7.40. The summed E-state index contributed by atoms with van der Waals surface area (Å²) in [5, 5.41) is 12.4. The summed E-state index contributed by atoms with van der Waals surface area (Å²) in [5.41, 5.74) is 4.71. The van der Waals surface area contributed by atoms with Gasteiger partial charge in [-0.25, -0.2) is 0 Å². The minimum absolute atomic E-state index is 0.101. The van der Waals surface area contributed by atoms with Crippen molar-refractivity contribution in [3.8, 4) is 23.2 Å². The number of amides is 1. The molecule has 1 N–H and O–H groups in total. The van der Waals surface area contributed by atoms with E-state index in [0.717, 1.165) is 45.5 Å². The molecule has 0 saturated heterocycles. The summed E-state index contributed by atoms with van der Waals surface area (Å²) >= 11 is 1.38. The molecule has 164 valence electrons. The summed E-state index contributed by atoms with van der Waals surface area (Å²) in [6, 6.07) is 25.5. The maximum atomic E-state index is 12.6. The zero-order valence-corrected chi connectivity index (χ0v) is 19.4. The third-order valence-electron chi connectivity index (χ3n) is 5.02. The number of anilines is 1. The van der Waals surface area contributed by atoms with Crippen molar-refractivity contribution in [2.45, 2.75) is 25.5 Å². The van der Waals surface area contributed by atoms with Gasteiger partial charge < -0.3 is 9.88 Å². The predicted octanol–water partition coefficient (Wildman–Crippen LogP) is 5.40. The van der Waals surface area contributed by atoms with E-state index < -0.39 is 0 Å². The summed E-state index contributed by atoms with van der Waals surface area (Å²) in [4.78, 5) is 12.6. The van der Waals surface area contributed by atoms with Crippen LogP contribution in [0.25, 0.3) is 11.4 Å². The maximum absolute atomic E-state index is 12.6. The molecule has 6 heteroatoms. The largest absolute Gasteiger partial charge is 0.325 e. The summed E-state index contributed by atoms with van der Waals surface area (Å²) in [5.74, 6) is 7.24. The van der Waals surface area contributed by atoms with Gasteiger partial charge in [0.1, 0.15) is 0 Å². The fourth-order valence-corrected chi connectivity index (χ4v) is 4.17. The SMILES string of the molecule is CCn1c(SCC(=O)Nc2cccc(C#Cc3ccccc3)c2)nnc1-c1ccccc1C. The first-order chi connectivity index (χ1) is 16.1. The molecule has 0 atom stereocenters. The lowest BCUT2D eigenvalue weighted by Gasteiger charge is -2.09. The predicted molar refractivity (Wildman–Crippen MR) is 134 cm³/mol. The minimum Gasteiger partial charge on any atom is -0.325 e. The molecular weight excluding hydrogens is 428 g/mol. The molecule has 0 aliphatic carbocycles. The van der Waals surface area contributed by atoms with E-state index in [0.29, 0.717) is 0 Å². The highest BCUT2D eigenvalue weighted by Gasteiger charge is 2.15. The third-order valence-corrected chi connectivity index (χ3v) is 5.99. The first-order valence-electron chi connectivity index (χ1n) is 10.7. The van der Waals surface area contributed by atoms with Crippen molar-refractivity contribution in [2.24, 2.45) is 0 Å². The van der Waals surface area contributed by atoms with Crippen LogP contribution < -0.4 is 5.32 Å². The number of benzene rings is 3. The number of nitrogens with zero attached hydrogens (tertiary/aromatic N) is 3. The van der Waals surface area contributed by atoms with E-state index in [1.165, 1.54) is 11.8 Å². The van der Waals surface area contributed by atoms with Crippen LogP contribution in [-0.2, 0) is 11.3 Å². The third kappa shape index (κ3) is 5.71. The van der Waals surface area contributed by atoms with Gasteiger partial charge in [-0.1, -0.05) is 72.1 Å². The van der Waals surface area contributed by atoms with Crippen molar-refractivity contribution in [2.75, 3.05) is 11.1 Å². The van der Waals surface area contributed by atoms with Gasteiger partial charge in [0.25, 0.3) is 0 Å². The normalized spacial score (nSPS) is 10.4. The average Bonchev–Trinajstić information content (AvgIpc) is 3.25. The van der Waals surface area contributed by atoms with Crippen LogP contribution in [0.3, 0.4) is 0 Å². The standard InChI is InChI=1S/C27H24N4OS/c1-3-31-26(24-15-8-7-10-20(24)2)29-30-27(31)33-19-25(32)28-23-14-9-13-22(18-23)17-16-21-11-5-4-6-12-21/h4-15,18H,3,19H2,1-2H3,(H,28,32). The molecule has 0 radical (unpaired) electrons. The lowest BCUT2D eigenvalue weighted by Crippen LogP contribution is -2.14. The highest BCUT2D eigenvalue weighted by molar-refractivity contribution is 7.99. The molecule has 33 heavy (non-hydrogen) atoms. The summed E-state index contributed by atoms with van der Waals surface area (Å²) in [7, 11) is 0. The van der Waals surface area contributed by atoms with Crippen LogP contribution >= 0.6 is 11.8 Å². The second kappa shape index (κ2) is 10.7. The molecule has 0 unspecified atom stereocenters. The van der Waals surface area contributed by atoms with E-state index in [4.69, 9.17) is 0 Å². The van der Waals surface area contributed by atoms with Gasteiger partial charge >= 0.3 is 0 Å². The van der Waals surface area contributed by atoms with Crippen molar-refractivity contribution in [1.29, 1.82) is 0 Å². The Morgan fingerprint density at radius 2 is 1.67 bits per heavy atom. The summed E-state index contributed by atoms with van der Waals surface area (Å²) in [6.45, 7) is 4.84. The Kier molecular flexibility index (Phi) is 7.23. The zero-order valence-electron chi connectivity index (χ0n) is 18.6. The zero-order chi connectivity index (χ0) is 23.0. The Bertz CT molecular complexity index is 1320. The van der Waals surface area contributed by atoms with E-state index in [2.05, 4.69) is 47.3 Å². The number of thioether (sulfide) groups is 1. The molecule has 3 aromatic carbocycles. The van der Waals surface area contributed by atoms with Crippen LogP contribution in [-0.4, -0.2) is 26.4 Å². The van der Waals surface area contributed by atoms with Gasteiger partial charge in [0.2, 0.25) is 5.91 Å². The van der Waals surface area contributed by atoms with Gasteiger partial charge in [-0.05, 0) is 49.7 Å². The smallest absolute Gasteiger partial charge is 0.234 e. The van der Waals surface area contributed by atoms with E-state index in [9.17, 15) is 4.79 Å². The van der Waals surface area contributed by atoms with Gasteiger partial charge in [-0.3, -0.25) is 4.79 Å². The molecule has 0 bridgehead atoms. The molecule has 0 saturated carbocycles. The molecule has 1 heterocycles. The van der Waals surface area contributed by atoms with E-state index in [1.807, 2.05) is 77.4 Å². The van der Waals surface area contributed by atoms with Crippen LogP contribution in [0, 0.1) is 18.8 Å². The molecule has 1 aromatic heterocycles. The van der Waals surface area contributed by atoms with Gasteiger partial charge in [0.05, 0.1) is 5.75 Å². The van der Waals surface area contributed by atoms with Gasteiger partial charge in [0, 0.05) is 28.9 Å². The minimum atomic E-state index is -0.101. The lowest BCUT2D eigenvalue weighted by atomic mass is 10.1. The topological polar surface area (TPSA) is 59.8 Å². The molecule has 4 aromatic rings. The van der Waals surface area contributed by atoms with Crippen molar-refractivity contribution in [3.63, 3.8) is 0 Å². The number of rotatable bonds is 6. The van der Waals surface area contributed by atoms with Crippen LogP contribution in [0.4, 0.5) is 5.69 Å². The molecule has 5 nitrogen and oxygen atoms in total. The van der Waals surface area contributed by atoms with E-state index in [-0.39, 0.29) is 11.7 Å². The lowest BCUT2D eigenvalue weighted by molar-refractivity contribution is -0.113. The maximum Gasteiger partial charge on any atom is 0.234 e. The number of carbonyl (C=O) groups is 1. The molecule has 0 fully saturated rings. The van der Waals surface area contributed by atoms with Gasteiger partial charge in [-0.2, -0.15) is 0 Å². The number of hydrogen-bond donors (Lipinski definition) is 1. The van der Waals surface area contributed by atoms with Gasteiger partial charge in [-0.15, -0.1) is 10.2 Å². The van der Waals surface area contributed by atoms with Crippen LogP contribution in [0.1, 0.15) is 23.6 Å². The molecule has 0 spiro atoms. The Hall–Kier alpha value is -3.82. The molecule has 0 aliphatic heterocycles. The average molecular weight is 453 g/mol. The van der Waals surface area contributed by atoms with Crippen molar-refractivity contribution in [1.82, 2.24) is 14.8 Å². The highest BCUT2D eigenvalue weighted by Crippen LogP contribution is 2.26. The first-order valence-corrected chi connectivity index (χ1v) is 11.7. The Morgan fingerprint density at radius 1 is 0.939 bits per heavy atom. The number of carbonyl (C=O) groups excluding carboxylic acids is 1. The fourth-order valence-electron chi connectivity index (χ4n) is 3.37. The molecular formula is C27H24N4OS. The molecule has 4 rings (SSSR count). The fraction of sp³-hybridized carbons (Fsp3) is 0.148. The molecule has 1 amide bonds. The summed E-state index contributed by atoms with van der Waals surface area (Å²) < 4.78 is 2.04. The quantitative estimate of drug-likeness (QED) is 0.314. The van der Waals surface area contributed by atoms with Crippen molar-refractivity contribution < 1.29 is 4.79 Å². The Balaban J connectivity index is 1.40. The number of aryl methyl sites for hydroxylation is 1. The van der Waals surface area contributed by atoms with Crippen molar-refractivity contribution >= 4 is 23.4 Å². The highest BCUT2D eigenvalue weighted by atomic mass is 32.2. The van der Waals surface area contributed by atoms with Crippen LogP contribution in [0.15, 0.2) is 84.0 Å². The van der Waals surface area contributed by atoms with Crippen molar-refractivity contribution in [3.05, 3.63) is 95.6 Å². The monoisotopic (exact) mass is 452 g/mol. The van der Waals surface area contributed by atoms with E-state index >= 15 is 0 Å². The van der Waals surface area contributed by atoms with Crippen LogP contribution in [0.2, 0.25) is 0 Å². The summed E-state index contributed by atoms with van der Waals surface area (Å²) in [6.07, 6.45) is 0.